The summed E-state index contributed by atoms with van der Waals surface area (Å²) in [5, 5.41) is 0. The first-order valence-electron chi connectivity index (χ1n) is 7.12. The van der Waals surface area contributed by atoms with E-state index in [2.05, 4.69) is 44.7 Å². The van der Waals surface area contributed by atoms with Crippen molar-refractivity contribution in [2.45, 2.75) is 33.1 Å². The van der Waals surface area contributed by atoms with Crippen molar-refractivity contribution in [2.24, 2.45) is 11.8 Å². The first-order valence-corrected chi connectivity index (χ1v) is 7.76. The van der Waals surface area contributed by atoms with Crippen LogP contribution in [0.2, 0.25) is 0 Å². The zero-order valence-corrected chi connectivity index (χ0v) is 12.7. The van der Waals surface area contributed by atoms with Crippen molar-refractivity contribution in [1.29, 1.82) is 0 Å². The van der Waals surface area contributed by atoms with Crippen LogP contribution < -0.4 is 4.90 Å². The fraction of sp³-hybridized carbons (Fsp3) is 0.562. The first kappa shape index (κ1) is 14.4. The highest BCUT2D eigenvalue weighted by molar-refractivity contribution is 7.80. The Morgan fingerprint density at radius 2 is 2.00 bits per heavy atom. The average Bonchev–Trinajstić information content (AvgIpc) is 2.55. The molecule has 1 aliphatic rings. The molecule has 0 aliphatic carbocycles. The summed E-state index contributed by atoms with van der Waals surface area (Å²) < 4.78 is 0. The van der Waals surface area contributed by atoms with Gasteiger partial charge in [0, 0.05) is 18.7 Å². The number of aryl methyl sites for hydroxylation is 1. The highest BCUT2D eigenvalue weighted by atomic mass is 32.1. The molecule has 3 heteroatoms. The third-order valence-corrected chi connectivity index (χ3v) is 4.48. The van der Waals surface area contributed by atoms with Gasteiger partial charge in [-0.25, -0.2) is 0 Å². The Hall–Kier alpha value is -0.960. The van der Waals surface area contributed by atoms with E-state index in [0.717, 1.165) is 30.8 Å². The minimum absolute atomic E-state index is 0.261. The normalized spacial score (nSPS) is 17.3. The number of rotatable bonds is 4. The third kappa shape index (κ3) is 3.33. The third-order valence-electron chi connectivity index (χ3n) is 4.01. The summed E-state index contributed by atoms with van der Waals surface area (Å²) in [5.41, 5.74) is 2.41. The van der Waals surface area contributed by atoms with E-state index in [9.17, 15) is 4.79 Å². The van der Waals surface area contributed by atoms with Gasteiger partial charge in [-0.3, -0.25) is 4.79 Å². The monoisotopic (exact) mass is 277 g/mol. The molecule has 1 aromatic rings. The van der Waals surface area contributed by atoms with Crippen molar-refractivity contribution < 1.29 is 4.79 Å². The molecule has 2 rings (SSSR count). The van der Waals surface area contributed by atoms with Gasteiger partial charge < -0.3 is 4.90 Å². The van der Waals surface area contributed by atoms with Crippen LogP contribution in [0, 0.1) is 11.8 Å². The molecular formula is C16H23NOS. The zero-order valence-electron chi connectivity index (χ0n) is 11.8. The van der Waals surface area contributed by atoms with Crippen LogP contribution in [-0.2, 0) is 11.2 Å². The highest BCUT2D eigenvalue weighted by Crippen LogP contribution is 2.28. The summed E-state index contributed by atoms with van der Waals surface area (Å²) in [6, 6.07) is 8.31. The Morgan fingerprint density at radius 3 is 2.68 bits per heavy atom. The van der Waals surface area contributed by atoms with Crippen molar-refractivity contribution >= 4 is 24.2 Å². The van der Waals surface area contributed by atoms with Crippen molar-refractivity contribution in [2.75, 3.05) is 17.2 Å². The quantitative estimate of drug-likeness (QED) is 0.834. The largest absolute Gasteiger partial charge is 0.312 e. The minimum Gasteiger partial charge on any atom is -0.312 e. The predicted octanol–water partition coefficient (Wildman–Crippen LogP) is 3.56. The molecule has 1 heterocycles. The number of carbonyl (C=O) groups is 1. The van der Waals surface area contributed by atoms with Crippen LogP contribution in [0.25, 0.3) is 0 Å². The number of thiol groups is 1. The van der Waals surface area contributed by atoms with Crippen molar-refractivity contribution in [3.8, 4) is 0 Å². The van der Waals surface area contributed by atoms with Crippen LogP contribution in [0.5, 0.6) is 0 Å². The van der Waals surface area contributed by atoms with E-state index in [1.807, 2.05) is 11.0 Å². The van der Waals surface area contributed by atoms with E-state index in [1.165, 1.54) is 5.56 Å². The van der Waals surface area contributed by atoms with Gasteiger partial charge in [-0.15, -0.1) is 0 Å². The topological polar surface area (TPSA) is 20.3 Å². The number of carbonyl (C=O) groups excluding carboxylic acids is 1. The molecule has 2 nitrogen and oxygen atoms in total. The van der Waals surface area contributed by atoms with E-state index in [4.69, 9.17) is 0 Å². The van der Waals surface area contributed by atoms with E-state index < -0.39 is 0 Å². The fourth-order valence-corrected chi connectivity index (χ4v) is 3.14. The van der Waals surface area contributed by atoms with Crippen LogP contribution >= 0.6 is 12.6 Å². The van der Waals surface area contributed by atoms with Gasteiger partial charge in [0.15, 0.2) is 0 Å². The van der Waals surface area contributed by atoms with E-state index in [0.29, 0.717) is 18.3 Å². The van der Waals surface area contributed by atoms with Gasteiger partial charge in [0.2, 0.25) is 5.91 Å². The minimum atomic E-state index is 0.261. The Morgan fingerprint density at radius 1 is 1.26 bits per heavy atom. The summed E-state index contributed by atoms with van der Waals surface area (Å²) in [5.74, 6) is 2.07. The number of hydrogen-bond acceptors (Lipinski definition) is 2. The van der Waals surface area contributed by atoms with Gasteiger partial charge in [0.25, 0.3) is 0 Å². The second-order valence-corrected chi connectivity index (χ2v) is 6.04. The number of para-hydroxylation sites is 1. The molecule has 0 bridgehead atoms. The molecule has 0 saturated carbocycles. The second-order valence-electron chi connectivity index (χ2n) is 5.67. The molecule has 1 aromatic carbocycles. The van der Waals surface area contributed by atoms with E-state index >= 15 is 0 Å². The molecule has 0 fully saturated rings. The molecule has 1 aliphatic heterocycles. The summed E-state index contributed by atoms with van der Waals surface area (Å²) in [7, 11) is 0. The van der Waals surface area contributed by atoms with Crippen LogP contribution in [-0.4, -0.2) is 18.2 Å². The number of nitrogens with zero attached hydrogens (tertiary/aromatic N) is 1. The van der Waals surface area contributed by atoms with Gasteiger partial charge in [0.1, 0.15) is 0 Å². The number of anilines is 1. The average molecular weight is 277 g/mol. The summed E-state index contributed by atoms with van der Waals surface area (Å²) >= 11 is 4.44. The first-order chi connectivity index (χ1) is 9.13. The van der Waals surface area contributed by atoms with E-state index in [-0.39, 0.29) is 5.91 Å². The SMILES string of the molecule is CC(C)C(CS)CN1C(=O)CCCc2ccccc21. The van der Waals surface area contributed by atoms with Crippen molar-refractivity contribution in [3.05, 3.63) is 29.8 Å². The second kappa shape index (κ2) is 6.47. The van der Waals surface area contributed by atoms with Crippen LogP contribution in [0.4, 0.5) is 5.69 Å². The van der Waals surface area contributed by atoms with Gasteiger partial charge in [-0.2, -0.15) is 12.6 Å². The van der Waals surface area contributed by atoms with Crippen molar-refractivity contribution in [1.82, 2.24) is 0 Å². The molecule has 1 unspecified atom stereocenters. The lowest BCUT2D eigenvalue weighted by Crippen LogP contribution is -2.37. The molecule has 0 spiro atoms. The highest BCUT2D eigenvalue weighted by Gasteiger charge is 2.25. The van der Waals surface area contributed by atoms with E-state index in [1.54, 1.807) is 0 Å². The zero-order chi connectivity index (χ0) is 13.8. The number of fused-ring (bicyclic) bond motifs is 1. The Bertz CT molecular complexity index is 444. The molecule has 0 N–H and O–H groups in total. The number of amides is 1. The molecule has 1 amide bonds. The van der Waals surface area contributed by atoms with Crippen LogP contribution in [0.1, 0.15) is 32.3 Å². The van der Waals surface area contributed by atoms with Crippen LogP contribution in [0.3, 0.4) is 0 Å². The molecule has 1 atom stereocenters. The maximum absolute atomic E-state index is 12.4. The lowest BCUT2D eigenvalue weighted by molar-refractivity contribution is -0.118. The summed E-state index contributed by atoms with van der Waals surface area (Å²) in [6.07, 6.45) is 2.62. The van der Waals surface area contributed by atoms with Gasteiger partial charge in [-0.05, 0) is 42.1 Å². The molecule has 104 valence electrons. The molecule has 0 radical (unpaired) electrons. The summed E-state index contributed by atoms with van der Waals surface area (Å²) in [6.45, 7) is 5.20. The van der Waals surface area contributed by atoms with Gasteiger partial charge >= 0.3 is 0 Å². The lowest BCUT2D eigenvalue weighted by Gasteiger charge is -2.29. The molecule has 0 aromatic heterocycles. The van der Waals surface area contributed by atoms with Crippen LogP contribution in [0.15, 0.2) is 24.3 Å². The van der Waals surface area contributed by atoms with Crippen molar-refractivity contribution in [3.63, 3.8) is 0 Å². The van der Waals surface area contributed by atoms with Gasteiger partial charge in [0.05, 0.1) is 0 Å². The Labute approximate surface area is 121 Å². The molecule has 0 saturated heterocycles. The van der Waals surface area contributed by atoms with Gasteiger partial charge in [-0.1, -0.05) is 32.0 Å². The number of hydrogen-bond donors (Lipinski definition) is 1. The Kier molecular flexibility index (Phi) is 4.92. The predicted molar refractivity (Wildman–Crippen MR) is 83.9 cm³/mol. The smallest absolute Gasteiger partial charge is 0.227 e. The number of benzene rings is 1. The fourth-order valence-electron chi connectivity index (χ4n) is 2.60. The lowest BCUT2D eigenvalue weighted by atomic mass is 9.96. The molecular weight excluding hydrogens is 254 g/mol. The standard InChI is InChI=1S/C16H23NOS/c1-12(2)14(11-19)10-17-15-8-4-3-6-13(15)7-5-9-16(17)18/h3-4,6,8,12,14,19H,5,7,9-11H2,1-2H3. The maximum Gasteiger partial charge on any atom is 0.227 e. The molecule has 19 heavy (non-hydrogen) atoms. The Balaban J connectivity index is 2.28. The summed E-state index contributed by atoms with van der Waals surface area (Å²) in [4.78, 5) is 14.3. The maximum atomic E-state index is 12.4.